The zero-order chi connectivity index (χ0) is 42.6. The highest BCUT2D eigenvalue weighted by Crippen LogP contribution is 2.37. The molecular formula is C47H39N15O. The molecule has 63 heavy (non-hydrogen) atoms. The van der Waals surface area contributed by atoms with E-state index in [2.05, 4.69) is 81.4 Å². The van der Waals surface area contributed by atoms with Crippen LogP contribution in [0, 0.1) is 0 Å². The standard InChI is InChI=1S/C47H39N15O/c1-61(2)42-23-48-12-10-36(42)56-47(63)41-16-26-4-5-28(17-37(26)53-41)46-55-40(20-44(58-46)52-33-8-9-35-30(15-33)21-50-59-35)34-19-38-31(22-51-60-38)18-39(34)54-43-11-13-49-45(57-43)27-6-7-29-24-62(3)25-32(29)14-27/h4-23,53H,24-25H2,1-3H3,(H,50,59)(H,51,60)(H,48,56,63)(H,49,54,57)(H,52,55,58). The summed E-state index contributed by atoms with van der Waals surface area (Å²) >= 11 is 0. The second kappa shape index (κ2) is 15.2. The zero-order valence-corrected chi connectivity index (χ0v) is 34.4. The molecule has 11 rings (SSSR count). The van der Waals surface area contributed by atoms with Crippen molar-refractivity contribution < 1.29 is 4.79 Å². The minimum Gasteiger partial charge on any atom is -0.375 e. The zero-order valence-electron chi connectivity index (χ0n) is 34.4. The van der Waals surface area contributed by atoms with Gasteiger partial charge in [-0.2, -0.15) is 10.2 Å². The molecule has 0 saturated carbocycles. The monoisotopic (exact) mass is 829 g/mol. The minimum absolute atomic E-state index is 0.272. The number of fused-ring (bicyclic) bond motifs is 4. The van der Waals surface area contributed by atoms with Gasteiger partial charge in [-0.05, 0) is 78.8 Å². The van der Waals surface area contributed by atoms with Gasteiger partial charge in [0.15, 0.2) is 11.6 Å². The number of H-pyrrole nitrogens is 3. The number of hydrogen-bond donors (Lipinski definition) is 6. The third-order valence-corrected chi connectivity index (χ3v) is 11.2. The van der Waals surface area contributed by atoms with E-state index >= 15 is 0 Å². The van der Waals surface area contributed by atoms with Crippen LogP contribution in [-0.4, -0.2) is 82.2 Å². The molecule has 6 N–H and O–H groups in total. The number of amides is 1. The Labute approximate surface area is 359 Å². The molecule has 6 aromatic heterocycles. The van der Waals surface area contributed by atoms with Crippen molar-refractivity contribution in [1.29, 1.82) is 0 Å². The van der Waals surface area contributed by atoms with Gasteiger partial charge in [0.2, 0.25) is 0 Å². The van der Waals surface area contributed by atoms with Crippen LogP contribution in [0.4, 0.5) is 34.4 Å². The van der Waals surface area contributed by atoms with Gasteiger partial charge in [0.05, 0.1) is 46.7 Å². The lowest BCUT2D eigenvalue weighted by molar-refractivity contribution is 0.102. The highest BCUT2D eigenvalue weighted by molar-refractivity contribution is 6.07. The minimum atomic E-state index is -0.272. The Hall–Kier alpha value is -8.50. The maximum Gasteiger partial charge on any atom is 0.272 e. The van der Waals surface area contributed by atoms with E-state index in [9.17, 15) is 4.79 Å². The Morgan fingerprint density at radius 1 is 0.667 bits per heavy atom. The van der Waals surface area contributed by atoms with E-state index in [1.54, 1.807) is 37.1 Å². The van der Waals surface area contributed by atoms with Crippen LogP contribution in [0.25, 0.3) is 66.7 Å². The van der Waals surface area contributed by atoms with Crippen molar-refractivity contribution in [2.75, 3.05) is 42.0 Å². The average molecular weight is 830 g/mol. The molecule has 16 heteroatoms. The first-order chi connectivity index (χ1) is 30.8. The predicted molar refractivity (Wildman–Crippen MR) is 246 cm³/mol. The Morgan fingerprint density at radius 2 is 1.48 bits per heavy atom. The van der Waals surface area contributed by atoms with Crippen LogP contribution in [0.1, 0.15) is 21.6 Å². The summed E-state index contributed by atoms with van der Waals surface area (Å²) in [5.74, 6) is 2.02. The van der Waals surface area contributed by atoms with E-state index < -0.39 is 0 Å². The van der Waals surface area contributed by atoms with E-state index in [0.717, 1.165) is 79.6 Å². The van der Waals surface area contributed by atoms with Gasteiger partial charge in [0, 0.05) is 95.4 Å². The number of aromatic nitrogens is 10. The van der Waals surface area contributed by atoms with Crippen LogP contribution >= 0.6 is 0 Å². The van der Waals surface area contributed by atoms with Crippen LogP contribution in [0.5, 0.6) is 0 Å². The number of pyridine rings is 1. The molecule has 308 valence electrons. The van der Waals surface area contributed by atoms with E-state index in [1.165, 1.54) is 11.1 Å². The summed E-state index contributed by atoms with van der Waals surface area (Å²) in [7, 11) is 5.94. The smallest absolute Gasteiger partial charge is 0.272 e. The molecule has 0 radical (unpaired) electrons. The largest absolute Gasteiger partial charge is 0.375 e. The molecule has 16 nitrogen and oxygen atoms in total. The second-order valence-electron chi connectivity index (χ2n) is 15.9. The molecule has 0 spiro atoms. The van der Waals surface area contributed by atoms with Crippen molar-refractivity contribution in [3.8, 4) is 34.0 Å². The molecule has 0 atom stereocenters. The van der Waals surface area contributed by atoms with E-state index in [1.807, 2.05) is 85.7 Å². The number of anilines is 6. The molecule has 1 aliphatic heterocycles. The quantitative estimate of drug-likeness (QED) is 0.0769. The van der Waals surface area contributed by atoms with Gasteiger partial charge in [-0.25, -0.2) is 19.9 Å². The highest BCUT2D eigenvalue weighted by atomic mass is 16.1. The number of aromatic amines is 3. The van der Waals surface area contributed by atoms with Crippen molar-refractivity contribution in [1.82, 2.24) is 55.2 Å². The third kappa shape index (κ3) is 7.29. The third-order valence-electron chi connectivity index (χ3n) is 11.2. The second-order valence-corrected chi connectivity index (χ2v) is 15.9. The molecule has 0 fully saturated rings. The van der Waals surface area contributed by atoms with Gasteiger partial charge in [0.1, 0.15) is 17.3 Å². The lowest BCUT2D eigenvalue weighted by Crippen LogP contribution is -2.17. The summed E-state index contributed by atoms with van der Waals surface area (Å²) in [5.41, 5.74) is 11.7. The first-order valence-electron chi connectivity index (χ1n) is 20.3. The first-order valence-corrected chi connectivity index (χ1v) is 20.3. The van der Waals surface area contributed by atoms with Crippen LogP contribution in [0.3, 0.4) is 0 Å². The Bertz CT molecular complexity index is 3390. The summed E-state index contributed by atoms with van der Waals surface area (Å²) in [6, 6.07) is 29.7. The molecule has 4 aromatic carbocycles. The SMILES string of the molecule is CN1Cc2ccc(-c3nccc(Nc4cc5cn[nH]c5cc4-c4cc(Nc5ccc6[nH]ncc6c5)nc(-c5ccc6cc(C(=O)Nc7ccncc7N(C)C)[nH]c6c5)n4)n3)cc2C1. The van der Waals surface area contributed by atoms with Crippen molar-refractivity contribution in [3.05, 3.63) is 139 Å². The van der Waals surface area contributed by atoms with E-state index in [4.69, 9.17) is 15.0 Å². The van der Waals surface area contributed by atoms with Crippen molar-refractivity contribution in [3.63, 3.8) is 0 Å². The molecule has 0 bridgehead atoms. The Kier molecular flexibility index (Phi) is 9.05. The number of carbonyl (C=O) groups is 1. The van der Waals surface area contributed by atoms with Crippen molar-refractivity contribution in [2.24, 2.45) is 0 Å². The molecule has 0 unspecified atom stereocenters. The number of nitrogens with zero attached hydrogens (tertiary/aromatic N) is 9. The first kappa shape index (κ1) is 37.5. The summed E-state index contributed by atoms with van der Waals surface area (Å²) in [5, 5.41) is 27.5. The lowest BCUT2D eigenvalue weighted by Gasteiger charge is -2.16. The van der Waals surface area contributed by atoms with Gasteiger partial charge in [-0.3, -0.25) is 24.9 Å². The fourth-order valence-electron chi connectivity index (χ4n) is 8.09. The number of hydrogen-bond acceptors (Lipinski definition) is 12. The molecule has 1 amide bonds. The fraction of sp³-hybridized carbons (Fsp3) is 0.106. The number of carbonyl (C=O) groups excluding carboxylic acids is 1. The Balaban J connectivity index is 0.981. The van der Waals surface area contributed by atoms with Crippen LogP contribution in [0.2, 0.25) is 0 Å². The maximum atomic E-state index is 13.5. The lowest BCUT2D eigenvalue weighted by atomic mass is 10.1. The van der Waals surface area contributed by atoms with Crippen LogP contribution in [0.15, 0.2) is 122 Å². The van der Waals surface area contributed by atoms with Crippen LogP contribution < -0.4 is 20.9 Å². The van der Waals surface area contributed by atoms with Gasteiger partial charge >= 0.3 is 0 Å². The van der Waals surface area contributed by atoms with E-state index in [0.29, 0.717) is 40.4 Å². The summed E-state index contributed by atoms with van der Waals surface area (Å²) in [6.45, 7) is 1.83. The maximum absolute atomic E-state index is 13.5. The molecule has 0 aliphatic carbocycles. The fourth-order valence-corrected chi connectivity index (χ4v) is 8.09. The van der Waals surface area contributed by atoms with Gasteiger partial charge < -0.3 is 25.8 Å². The number of nitrogens with one attached hydrogen (secondary N) is 6. The molecule has 1 aliphatic rings. The topological polar surface area (TPSA) is 197 Å². The predicted octanol–water partition coefficient (Wildman–Crippen LogP) is 8.65. The summed E-state index contributed by atoms with van der Waals surface area (Å²) in [4.78, 5) is 45.1. The highest BCUT2D eigenvalue weighted by Gasteiger charge is 2.20. The van der Waals surface area contributed by atoms with Gasteiger partial charge in [-0.15, -0.1) is 0 Å². The van der Waals surface area contributed by atoms with Crippen molar-refractivity contribution in [2.45, 2.75) is 13.1 Å². The summed E-state index contributed by atoms with van der Waals surface area (Å²) < 4.78 is 0. The van der Waals surface area contributed by atoms with Crippen LogP contribution in [-0.2, 0) is 13.1 Å². The molecular weight excluding hydrogens is 791 g/mol. The summed E-state index contributed by atoms with van der Waals surface area (Å²) in [6.07, 6.45) is 8.72. The molecule has 7 heterocycles. The van der Waals surface area contributed by atoms with Gasteiger partial charge in [-0.1, -0.05) is 24.3 Å². The molecule has 10 aromatic rings. The number of rotatable bonds is 10. The Morgan fingerprint density at radius 3 is 2.37 bits per heavy atom. The average Bonchev–Trinajstić information content (AvgIpc) is 4.12. The van der Waals surface area contributed by atoms with Crippen molar-refractivity contribution >= 4 is 73.0 Å². The van der Waals surface area contributed by atoms with E-state index in [-0.39, 0.29) is 5.91 Å². The molecule has 0 saturated heterocycles. The number of benzene rings is 4. The van der Waals surface area contributed by atoms with Gasteiger partial charge in [0.25, 0.3) is 5.91 Å². The normalized spacial score (nSPS) is 12.6.